The van der Waals surface area contributed by atoms with Gasteiger partial charge in [-0.3, -0.25) is 0 Å². The van der Waals surface area contributed by atoms with Crippen molar-refractivity contribution in [3.8, 4) is 0 Å². The van der Waals surface area contributed by atoms with Crippen molar-refractivity contribution < 1.29 is 4.12 Å². The molecule has 0 aromatic rings. The fourth-order valence-electron chi connectivity index (χ4n) is 4.99. The number of hydrogen-bond donors (Lipinski definition) is 0. The van der Waals surface area contributed by atoms with Crippen molar-refractivity contribution in [2.24, 2.45) is 0 Å². The van der Waals surface area contributed by atoms with Crippen LogP contribution in [0.3, 0.4) is 0 Å². The van der Waals surface area contributed by atoms with E-state index >= 15 is 0 Å². The van der Waals surface area contributed by atoms with E-state index in [1.54, 1.807) is 0 Å². The Balaban J connectivity index is 1.87. The molecule has 0 amide bonds. The zero-order valence-electron chi connectivity index (χ0n) is 18.3. The van der Waals surface area contributed by atoms with Crippen LogP contribution in [-0.2, 0) is 4.12 Å². The Morgan fingerprint density at radius 3 is 1.64 bits per heavy atom. The van der Waals surface area contributed by atoms with Crippen molar-refractivity contribution in [3.63, 3.8) is 0 Å². The van der Waals surface area contributed by atoms with Crippen molar-refractivity contribution in [2.75, 3.05) is 0 Å². The highest BCUT2D eigenvalue weighted by atomic mass is 28.4. The van der Waals surface area contributed by atoms with Crippen LogP contribution in [0.25, 0.3) is 0 Å². The predicted molar refractivity (Wildman–Crippen MR) is 125 cm³/mol. The zero-order chi connectivity index (χ0) is 20.2. The van der Waals surface area contributed by atoms with Crippen LogP contribution < -0.4 is 0 Å². The molecule has 0 aromatic carbocycles. The largest absolute Gasteiger partial charge is 0.446 e. The van der Waals surface area contributed by atoms with Gasteiger partial charge < -0.3 is 13.9 Å². The first-order valence-corrected chi connectivity index (χ1v) is 16.9. The molecule has 0 saturated heterocycles. The second kappa shape index (κ2) is 9.18. The second-order valence-electron chi connectivity index (χ2n) is 9.50. The summed E-state index contributed by atoms with van der Waals surface area (Å²) in [6.45, 7) is 14.9. The van der Waals surface area contributed by atoms with E-state index in [-0.39, 0.29) is 0 Å². The van der Waals surface area contributed by atoms with E-state index in [1.807, 2.05) is 11.4 Å². The smallest absolute Gasteiger partial charge is 0.226 e. The number of hydrogen-bond acceptors (Lipinski definition) is 3. The SMILES string of the molecule is C=C[Si](C)(C=C)O[Si](C)(C)C=C1N(C2CCCCC2)C=CN1C1CCCCC1. The van der Waals surface area contributed by atoms with Gasteiger partial charge in [0.25, 0.3) is 0 Å². The van der Waals surface area contributed by atoms with Crippen LogP contribution in [0.4, 0.5) is 0 Å². The van der Waals surface area contributed by atoms with Crippen molar-refractivity contribution in [1.29, 1.82) is 0 Å². The van der Waals surface area contributed by atoms with E-state index in [9.17, 15) is 0 Å². The van der Waals surface area contributed by atoms with Crippen LogP contribution >= 0.6 is 0 Å². The van der Waals surface area contributed by atoms with Crippen LogP contribution in [0.5, 0.6) is 0 Å². The molecule has 3 nitrogen and oxygen atoms in total. The minimum atomic E-state index is -2.04. The van der Waals surface area contributed by atoms with Crippen molar-refractivity contribution >= 4 is 16.6 Å². The summed E-state index contributed by atoms with van der Waals surface area (Å²) < 4.78 is 6.74. The molecule has 1 aliphatic heterocycles. The average Bonchev–Trinajstić information content (AvgIpc) is 3.11. The Morgan fingerprint density at radius 2 is 1.25 bits per heavy atom. The molecule has 5 heteroatoms. The van der Waals surface area contributed by atoms with Crippen LogP contribution in [0.1, 0.15) is 64.2 Å². The van der Waals surface area contributed by atoms with Crippen molar-refractivity contribution in [1.82, 2.24) is 9.80 Å². The molecule has 2 fully saturated rings. The van der Waals surface area contributed by atoms with Gasteiger partial charge >= 0.3 is 0 Å². The molecule has 0 bridgehead atoms. The average molecular weight is 417 g/mol. The lowest BCUT2D eigenvalue weighted by molar-refractivity contribution is 0.193. The minimum Gasteiger partial charge on any atom is -0.446 e. The third kappa shape index (κ3) is 5.11. The first kappa shape index (κ1) is 21.7. The number of nitrogens with zero attached hydrogens (tertiary/aromatic N) is 2. The van der Waals surface area contributed by atoms with Gasteiger partial charge in [0.15, 0.2) is 0 Å². The van der Waals surface area contributed by atoms with E-state index in [4.69, 9.17) is 4.12 Å². The van der Waals surface area contributed by atoms with Gasteiger partial charge in [-0.1, -0.05) is 49.9 Å². The van der Waals surface area contributed by atoms with E-state index in [0.717, 1.165) is 0 Å². The molecule has 0 atom stereocenters. The zero-order valence-corrected chi connectivity index (χ0v) is 20.3. The molecule has 28 heavy (non-hydrogen) atoms. The van der Waals surface area contributed by atoms with Gasteiger partial charge in [-0.2, -0.15) is 0 Å². The quantitative estimate of drug-likeness (QED) is 0.448. The van der Waals surface area contributed by atoms with E-state index < -0.39 is 16.6 Å². The third-order valence-electron chi connectivity index (χ3n) is 6.62. The lowest BCUT2D eigenvalue weighted by atomic mass is 9.94. The maximum absolute atomic E-state index is 6.74. The van der Waals surface area contributed by atoms with E-state index in [1.165, 1.54) is 70.0 Å². The first-order chi connectivity index (χ1) is 13.4. The van der Waals surface area contributed by atoms with Crippen molar-refractivity contribution in [3.05, 3.63) is 48.5 Å². The Labute approximate surface area is 175 Å². The van der Waals surface area contributed by atoms with Crippen LogP contribution in [0.15, 0.2) is 48.5 Å². The highest BCUT2D eigenvalue weighted by Gasteiger charge is 2.37. The number of rotatable bonds is 7. The molecule has 0 N–H and O–H groups in total. The van der Waals surface area contributed by atoms with Gasteiger partial charge in [-0.05, 0) is 51.0 Å². The lowest BCUT2D eigenvalue weighted by Crippen LogP contribution is -2.45. The molecule has 0 unspecified atom stereocenters. The van der Waals surface area contributed by atoms with Crippen molar-refractivity contribution in [2.45, 2.75) is 95.9 Å². The highest BCUT2D eigenvalue weighted by molar-refractivity contribution is 6.92. The summed E-state index contributed by atoms with van der Waals surface area (Å²) in [5.41, 5.74) is 6.53. The summed E-state index contributed by atoms with van der Waals surface area (Å²) in [6, 6.07) is 1.30. The molecule has 156 valence electrons. The molecule has 0 spiro atoms. The summed E-state index contributed by atoms with van der Waals surface area (Å²) >= 11 is 0. The summed E-state index contributed by atoms with van der Waals surface area (Å²) in [6.07, 6.45) is 18.2. The van der Waals surface area contributed by atoms with Gasteiger partial charge in [0.05, 0.1) is 0 Å². The third-order valence-corrected chi connectivity index (χ3v) is 13.1. The molecule has 0 aromatic heterocycles. The molecule has 3 aliphatic rings. The van der Waals surface area contributed by atoms with Gasteiger partial charge in [0, 0.05) is 24.5 Å². The standard InChI is InChI=1S/C23H40N2OSi2/c1-6-28(5,7-2)26-27(3,4)20-23-24(21-14-10-8-11-15-21)18-19-25(23)22-16-12-9-13-17-22/h6-7,18-22H,1-2,8-17H2,3-5H3. The molecule has 2 saturated carbocycles. The van der Waals surface area contributed by atoms with Gasteiger partial charge in [0.2, 0.25) is 16.6 Å². The van der Waals surface area contributed by atoms with E-state index in [2.05, 4.69) is 60.7 Å². The lowest BCUT2D eigenvalue weighted by Gasteiger charge is -2.40. The summed E-state index contributed by atoms with van der Waals surface area (Å²) in [5.74, 6) is 1.40. The molecular weight excluding hydrogens is 376 g/mol. The minimum absolute atomic E-state index is 0.650. The topological polar surface area (TPSA) is 15.7 Å². The second-order valence-corrected chi connectivity index (χ2v) is 17.0. The van der Waals surface area contributed by atoms with Crippen LogP contribution in [0, 0.1) is 0 Å². The Morgan fingerprint density at radius 1 is 0.821 bits per heavy atom. The summed E-state index contributed by atoms with van der Waals surface area (Å²) in [4.78, 5) is 5.18. The Bertz CT molecular complexity index is 578. The highest BCUT2D eigenvalue weighted by Crippen LogP contribution is 2.36. The van der Waals surface area contributed by atoms with Gasteiger partial charge in [0.1, 0.15) is 5.82 Å². The molecule has 2 aliphatic carbocycles. The fourth-order valence-corrected chi connectivity index (χ4v) is 11.5. The first-order valence-electron chi connectivity index (χ1n) is 11.3. The van der Waals surface area contributed by atoms with Gasteiger partial charge in [-0.15, -0.1) is 13.2 Å². The summed E-state index contributed by atoms with van der Waals surface area (Å²) in [7, 11) is -4.06. The molecule has 1 heterocycles. The summed E-state index contributed by atoms with van der Waals surface area (Å²) in [5, 5.41) is 0. The molecule has 0 radical (unpaired) electrons. The normalized spacial score (nSPS) is 22.6. The maximum atomic E-state index is 6.74. The Hall–Kier alpha value is -1.05. The molecule has 3 rings (SSSR count). The molecular formula is C23H40N2OSi2. The van der Waals surface area contributed by atoms with Gasteiger partial charge in [-0.25, -0.2) is 0 Å². The van der Waals surface area contributed by atoms with Crippen LogP contribution in [-0.4, -0.2) is 38.5 Å². The van der Waals surface area contributed by atoms with E-state index in [0.29, 0.717) is 12.1 Å². The fraction of sp³-hybridized carbons (Fsp3) is 0.652. The monoisotopic (exact) mass is 416 g/mol. The maximum Gasteiger partial charge on any atom is 0.226 e. The van der Waals surface area contributed by atoms with Crippen LogP contribution in [0.2, 0.25) is 19.6 Å². The Kier molecular flexibility index (Phi) is 7.10. The predicted octanol–water partition coefficient (Wildman–Crippen LogP) is 6.37.